The van der Waals surface area contributed by atoms with Gasteiger partial charge in [0.15, 0.2) is 0 Å². The number of rotatable bonds is 4. The van der Waals surface area contributed by atoms with Crippen molar-refractivity contribution in [3.05, 3.63) is 53.0 Å². The topological polar surface area (TPSA) is 32.3 Å². The Kier molecular flexibility index (Phi) is 4.37. The van der Waals surface area contributed by atoms with Crippen LogP contribution in [-0.2, 0) is 6.54 Å². The fourth-order valence-corrected chi connectivity index (χ4v) is 4.42. The monoisotopic (exact) mass is 342 g/mol. The average Bonchev–Trinajstić information content (AvgIpc) is 3.28. The van der Waals surface area contributed by atoms with Gasteiger partial charge in [0.25, 0.3) is 0 Å². The zero-order valence-electron chi connectivity index (χ0n) is 12.8. The molecule has 0 unspecified atom stereocenters. The van der Waals surface area contributed by atoms with Gasteiger partial charge in [0, 0.05) is 44.3 Å². The van der Waals surface area contributed by atoms with Gasteiger partial charge in [-0.3, -0.25) is 4.90 Å². The number of piperazine rings is 1. The van der Waals surface area contributed by atoms with Gasteiger partial charge in [-0.1, -0.05) is 12.1 Å². The molecule has 0 bridgehead atoms. The smallest absolute Gasteiger partial charge is 0.133 e. The Hall–Kier alpha value is -1.76. The zero-order valence-corrected chi connectivity index (χ0v) is 14.4. The quantitative estimate of drug-likeness (QED) is 0.725. The largest absolute Gasteiger partial charge is 0.354 e. The molecule has 0 spiro atoms. The predicted molar refractivity (Wildman–Crippen MR) is 97.2 cm³/mol. The Labute approximate surface area is 144 Å². The van der Waals surface area contributed by atoms with Gasteiger partial charge in [0.1, 0.15) is 10.8 Å². The third-order valence-electron chi connectivity index (χ3n) is 4.01. The second kappa shape index (κ2) is 6.78. The number of thiophene rings is 1. The summed E-state index contributed by atoms with van der Waals surface area (Å²) >= 11 is 3.50. The Morgan fingerprint density at radius 1 is 1.00 bits per heavy atom. The normalized spacial score (nSPS) is 15.9. The lowest BCUT2D eigenvalue weighted by Gasteiger charge is -2.35. The van der Waals surface area contributed by atoms with E-state index in [1.165, 1.54) is 10.6 Å². The summed E-state index contributed by atoms with van der Waals surface area (Å²) in [5.41, 5.74) is 1.18. The van der Waals surface area contributed by atoms with E-state index in [9.17, 15) is 0 Å². The summed E-state index contributed by atoms with van der Waals surface area (Å²) in [6, 6.07) is 10.3. The first-order valence-corrected chi connectivity index (χ1v) is 9.51. The van der Waals surface area contributed by atoms with Gasteiger partial charge in [0.2, 0.25) is 0 Å². The van der Waals surface area contributed by atoms with Crippen LogP contribution in [0.2, 0.25) is 0 Å². The van der Waals surface area contributed by atoms with Crippen molar-refractivity contribution in [2.45, 2.75) is 6.54 Å². The first-order valence-electron chi connectivity index (χ1n) is 7.75. The van der Waals surface area contributed by atoms with Crippen molar-refractivity contribution >= 4 is 28.5 Å². The molecule has 3 aromatic rings. The zero-order chi connectivity index (χ0) is 15.5. The van der Waals surface area contributed by atoms with Gasteiger partial charge in [-0.15, -0.1) is 22.7 Å². The lowest BCUT2D eigenvalue weighted by atomic mass is 10.3. The highest BCUT2D eigenvalue weighted by atomic mass is 32.1. The molecule has 0 aliphatic carbocycles. The second-order valence-electron chi connectivity index (χ2n) is 5.57. The van der Waals surface area contributed by atoms with Crippen molar-refractivity contribution < 1.29 is 0 Å². The van der Waals surface area contributed by atoms with Crippen LogP contribution in [0.15, 0.2) is 47.3 Å². The minimum atomic E-state index is 0.942. The number of nitrogens with zero attached hydrogens (tertiary/aromatic N) is 4. The predicted octanol–water partition coefficient (Wildman–Crippen LogP) is 3.59. The molecule has 4 rings (SSSR count). The van der Waals surface area contributed by atoms with Crippen LogP contribution in [0.3, 0.4) is 0 Å². The number of hydrogen-bond donors (Lipinski definition) is 0. The molecule has 1 aliphatic rings. The molecular formula is C17H18N4S2. The Balaban J connectivity index is 1.35. The van der Waals surface area contributed by atoms with Crippen molar-refractivity contribution in [3.63, 3.8) is 0 Å². The standard InChI is InChI=1S/C17H18N4S2/c1-2-6-18-16(5-1)21-9-7-20(8-10-21)12-14-13-23-17(19-14)15-4-3-11-22-15/h1-6,11,13H,7-10,12H2. The van der Waals surface area contributed by atoms with Crippen LogP contribution in [0.1, 0.15) is 5.69 Å². The third kappa shape index (κ3) is 3.44. The van der Waals surface area contributed by atoms with Gasteiger partial charge < -0.3 is 4.90 Å². The van der Waals surface area contributed by atoms with E-state index >= 15 is 0 Å². The molecule has 0 atom stereocenters. The van der Waals surface area contributed by atoms with E-state index in [0.29, 0.717) is 0 Å². The van der Waals surface area contributed by atoms with E-state index in [2.05, 4.69) is 49.8 Å². The summed E-state index contributed by atoms with van der Waals surface area (Å²) in [6.07, 6.45) is 1.86. The van der Waals surface area contributed by atoms with Gasteiger partial charge in [-0.25, -0.2) is 9.97 Å². The van der Waals surface area contributed by atoms with Crippen LogP contribution in [0, 0.1) is 0 Å². The highest BCUT2D eigenvalue weighted by molar-refractivity contribution is 7.20. The van der Waals surface area contributed by atoms with Gasteiger partial charge in [0.05, 0.1) is 10.6 Å². The van der Waals surface area contributed by atoms with E-state index in [0.717, 1.165) is 43.5 Å². The second-order valence-corrected chi connectivity index (χ2v) is 7.38. The van der Waals surface area contributed by atoms with Gasteiger partial charge in [-0.05, 0) is 23.6 Å². The number of aromatic nitrogens is 2. The number of hydrogen-bond acceptors (Lipinski definition) is 6. The Morgan fingerprint density at radius 2 is 1.91 bits per heavy atom. The molecular weight excluding hydrogens is 324 g/mol. The van der Waals surface area contributed by atoms with Crippen molar-refractivity contribution in [3.8, 4) is 9.88 Å². The lowest BCUT2D eigenvalue weighted by molar-refractivity contribution is 0.247. The van der Waals surface area contributed by atoms with Crippen LogP contribution < -0.4 is 4.90 Å². The molecule has 0 N–H and O–H groups in total. The molecule has 1 saturated heterocycles. The molecule has 1 fully saturated rings. The van der Waals surface area contributed by atoms with E-state index in [1.807, 2.05) is 12.3 Å². The van der Waals surface area contributed by atoms with E-state index < -0.39 is 0 Å². The third-order valence-corrected chi connectivity index (χ3v) is 5.95. The summed E-state index contributed by atoms with van der Waals surface area (Å²) < 4.78 is 0. The van der Waals surface area contributed by atoms with Crippen LogP contribution in [0.4, 0.5) is 5.82 Å². The summed E-state index contributed by atoms with van der Waals surface area (Å²) in [6.45, 7) is 5.11. The highest BCUT2D eigenvalue weighted by Gasteiger charge is 2.18. The van der Waals surface area contributed by atoms with Crippen LogP contribution in [-0.4, -0.2) is 41.0 Å². The molecule has 4 heterocycles. The Morgan fingerprint density at radius 3 is 2.65 bits per heavy atom. The van der Waals surface area contributed by atoms with Crippen LogP contribution in [0.25, 0.3) is 9.88 Å². The summed E-state index contributed by atoms with van der Waals surface area (Å²) in [7, 11) is 0. The summed E-state index contributed by atoms with van der Waals surface area (Å²) in [5, 5.41) is 5.44. The molecule has 0 saturated carbocycles. The minimum Gasteiger partial charge on any atom is -0.354 e. The fraction of sp³-hybridized carbons (Fsp3) is 0.294. The minimum absolute atomic E-state index is 0.942. The molecule has 6 heteroatoms. The Bertz CT molecular complexity index is 731. The van der Waals surface area contributed by atoms with Gasteiger partial charge >= 0.3 is 0 Å². The van der Waals surface area contributed by atoms with E-state index in [4.69, 9.17) is 4.98 Å². The number of pyridine rings is 1. The van der Waals surface area contributed by atoms with Crippen LogP contribution >= 0.6 is 22.7 Å². The van der Waals surface area contributed by atoms with E-state index in [-0.39, 0.29) is 0 Å². The number of thiazole rings is 1. The van der Waals surface area contributed by atoms with Crippen molar-refractivity contribution in [1.82, 2.24) is 14.9 Å². The molecule has 0 aromatic carbocycles. The molecule has 1 aliphatic heterocycles. The van der Waals surface area contributed by atoms with E-state index in [1.54, 1.807) is 22.7 Å². The summed E-state index contributed by atoms with van der Waals surface area (Å²) in [5.74, 6) is 1.08. The molecule has 118 valence electrons. The lowest BCUT2D eigenvalue weighted by Crippen LogP contribution is -2.46. The van der Waals surface area contributed by atoms with Crippen molar-refractivity contribution in [1.29, 1.82) is 0 Å². The first kappa shape index (κ1) is 14.8. The molecule has 0 radical (unpaired) electrons. The fourth-order valence-electron chi connectivity index (χ4n) is 2.80. The van der Waals surface area contributed by atoms with Crippen molar-refractivity contribution in [2.24, 2.45) is 0 Å². The summed E-state index contributed by atoms with van der Waals surface area (Å²) in [4.78, 5) is 15.3. The molecule has 4 nitrogen and oxygen atoms in total. The molecule has 0 amide bonds. The molecule has 23 heavy (non-hydrogen) atoms. The highest BCUT2D eigenvalue weighted by Crippen LogP contribution is 2.28. The SMILES string of the molecule is c1ccc(N2CCN(Cc3csc(-c4cccs4)n3)CC2)nc1. The maximum Gasteiger partial charge on any atom is 0.133 e. The maximum atomic E-state index is 4.79. The van der Waals surface area contributed by atoms with Gasteiger partial charge in [-0.2, -0.15) is 0 Å². The number of anilines is 1. The maximum absolute atomic E-state index is 4.79. The first-order chi connectivity index (χ1) is 11.4. The van der Waals surface area contributed by atoms with Crippen LogP contribution in [0.5, 0.6) is 0 Å². The molecule has 3 aromatic heterocycles. The average molecular weight is 342 g/mol. The van der Waals surface area contributed by atoms with Crippen molar-refractivity contribution in [2.75, 3.05) is 31.1 Å².